The number of aromatic nitrogens is 1. The Hall–Kier alpha value is -2.10. The summed E-state index contributed by atoms with van der Waals surface area (Å²) in [6.07, 6.45) is 2.62. The molecule has 1 heterocycles. The molecule has 4 heteroatoms. The predicted molar refractivity (Wildman–Crippen MR) is 54.1 cm³/mol. The quantitative estimate of drug-likeness (QED) is 0.822. The third-order valence-corrected chi connectivity index (χ3v) is 1.95. The van der Waals surface area contributed by atoms with Crippen LogP contribution in [0.1, 0.15) is 16.1 Å². The number of hydrogen-bond donors (Lipinski definition) is 1. The van der Waals surface area contributed by atoms with Crippen molar-refractivity contribution in [1.82, 2.24) is 10.3 Å². The van der Waals surface area contributed by atoms with E-state index in [1.807, 2.05) is 30.3 Å². The fourth-order valence-electron chi connectivity index (χ4n) is 1.19. The van der Waals surface area contributed by atoms with Crippen LogP contribution < -0.4 is 5.32 Å². The van der Waals surface area contributed by atoms with Crippen LogP contribution in [0.4, 0.5) is 0 Å². The van der Waals surface area contributed by atoms with Gasteiger partial charge in [0, 0.05) is 6.54 Å². The zero-order chi connectivity index (χ0) is 10.5. The molecule has 2 rings (SSSR count). The minimum Gasteiger partial charge on any atom is -0.438 e. The van der Waals surface area contributed by atoms with Crippen molar-refractivity contribution >= 4 is 5.91 Å². The Morgan fingerprint density at radius 1 is 1.33 bits per heavy atom. The van der Waals surface area contributed by atoms with Crippen LogP contribution in [0.15, 0.2) is 47.3 Å². The Kier molecular flexibility index (Phi) is 2.78. The number of nitrogens with one attached hydrogen (secondary N) is 1. The van der Waals surface area contributed by atoms with E-state index in [-0.39, 0.29) is 11.7 Å². The van der Waals surface area contributed by atoms with Crippen molar-refractivity contribution in [3.05, 3.63) is 54.2 Å². The molecular weight excluding hydrogens is 192 g/mol. The molecule has 1 aromatic carbocycles. The summed E-state index contributed by atoms with van der Waals surface area (Å²) in [6, 6.07) is 9.68. The molecule has 2 aromatic rings. The standard InChI is InChI=1S/C11H10N2O2/c14-11(10-7-12-8-15-10)13-6-9-4-2-1-3-5-9/h1-5,7-8H,6H2,(H,13,14). The molecule has 1 aromatic heterocycles. The monoisotopic (exact) mass is 202 g/mol. The first kappa shape index (κ1) is 9.45. The van der Waals surface area contributed by atoms with Gasteiger partial charge in [0.15, 0.2) is 6.39 Å². The van der Waals surface area contributed by atoms with Crippen LogP contribution in [0.3, 0.4) is 0 Å². The van der Waals surface area contributed by atoms with Crippen molar-refractivity contribution in [2.75, 3.05) is 0 Å². The lowest BCUT2D eigenvalue weighted by Crippen LogP contribution is -2.22. The summed E-state index contributed by atoms with van der Waals surface area (Å²) < 4.78 is 4.86. The molecule has 76 valence electrons. The molecule has 0 saturated carbocycles. The lowest BCUT2D eigenvalue weighted by Gasteiger charge is -2.02. The maximum absolute atomic E-state index is 11.4. The number of rotatable bonds is 3. The highest BCUT2D eigenvalue weighted by Crippen LogP contribution is 2.00. The SMILES string of the molecule is O=C(NCc1ccccc1)c1cnco1. The molecule has 0 aliphatic carbocycles. The topological polar surface area (TPSA) is 55.1 Å². The van der Waals surface area contributed by atoms with E-state index in [0.29, 0.717) is 6.54 Å². The van der Waals surface area contributed by atoms with E-state index in [1.54, 1.807) is 0 Å². The Bertz CT molecular complexity index is 423. The van der Waals surface area contributed by atoms with Crippen molar-refractivity contribution < 1.29 is 9.21 Å². The molecule has 1 N–H and O–H groups in total. The Labute approximate surface area is 86.9 Å². The van der Waals surface area contributed by atoms with Crippen LogP contribution in [-0.2, 0) is 6.54 Å². The highest BCUT2D eigenvalue weighted by Gasteiger charge is 2.07. The molecular formula is C11H10N2O2. The highest BCUT2D eigenvalue weighted by molar-refractivity contribution is 5.90. The molecule has 0 spiro atoms. The van der Waals surface area contributed by atoms with E-state index >= 15 is 0 Å². The van der Waals surface area contributed by atoms with Gasteiger partial charge in [-0.1, -0.05) is 30.3 Å². The Balaban J connectivity index is 1.92. The van der Waals surface area contributed by atoms with Gasteiger partial charge in [-0.15, -0.1) is 0 Å². The van der Waals surface area contributed by atoms with Crippen molar-refractivity contribution in [3.63, 3.8) is 0 Å². The van der Waals surface area contributed by atoms with Crippen LogP contribution >= 0.6 is 0 Å². The fraction of sp³-hybridized carbons (Fsp3) is 0.0909. The minimum atomic E-state index is -0.253. The van der Waals surface area contributed by atoms with Crippen molar-refractivity contribution in [2.45, 2.75) is 6.54 Å². The van der Waals surface area contributed by atoms with Crippen LogP contribution in [0, 0.1) is 0 Å². The normalized spacial score (nSPS) is 9.87. The van der Waals surface area contributed by atoms with Gasteiger partial charge in [0.05, 0.1) is 6.20 Å². The molecule has 0 saturated heterocycles. The number of oxazole rings is 1. The highest BCUT2D eigenvalue weighted by atomic mass is 16.3. The predicted octanol–water partition coefficient (Wildman–Crippen LogP) is 1.60. The maximum atomic E-state index is 11.4. The first-order valence-electron chi connectivity index (χ1n) is 4.57. The van der Waals surface area contributed by atoms with Crippen LogP contribution in [0.2, 0.25) is 0 Å². The second kappa shape index (κ2) is 4.41. The number of hydrogen-bond acceptors (Lipinski definition) is 3. The van der Waals surface area contributed by atoms with Gasteiger partial charge in [-0.05, 0) is 5.56 Å². The van der Waals surface area contributed by atoms with E-state index in [2.05, 4.69) is 10.3 Å². The van der Waals surface area contributed by atoms with Gasteiger partial charge in [0.1, 0.15) is 0 Å². The molecule has 0 bridgehead atoms. The van der Waals surface area contributed by atoms with E-state index in [4.69, 9.17) is 4.42 Å². The molecule has 1 amide bonds. The summed E-state index contributed by atoms with van der Waals surface area (Å²) in [4.78, 5) is 15.1. The van der Waals surface area contributed by atoms with Crippen molar-refractivity contribution in [1.29, 1.82) is 0 Å². The third kappa shape index (κ3) is 2.43. The van der Waals surface area contributed by atoms with Gasteiger partial charge in [0.2, 0.25) is 5.76 Å². The van der Waals surface area contributed by atoms with Crippen LogP contribution in [-0.4, -0.2) is 10.9 Å². The van der Waals surface area contributed by atoms with Gasteiger partial charge in [0.25, 0.3) is 5.91 Å². The molecule has 0 atom stereocenters. The lowest BCUT2D eigenvalue weighted by molar-refractivity contribution is 0.0923. The first-order chi connectivity index (χ1) is 7.36. The molecule has 15 heavy (non-hydrogen) atoms. The Morgan fingerprint density at radius 2 is 2.13 bits per heavy atom. The van der Waals surface area contributed by atoms with Crippen LogP contribution in [0.5, 0.6) is 0 Å². The molecule has 0 fully saturated rings. The average Bonchev–Trinajstić information content (AvgIpc) is 2.81. The van der Waals surface area contributed by atoms with Gasteiger partial charge in [-0.25, -0.2) is 4.98 Å². The number of amides is 1. The minimum absolute atomic E-state index is 0.228. The van der Waals surface area contributed by atoms with E-state index in [9.17, 15) is 4.79 Å². The average molecular weight is 202 g/mol. The third-order valence-electron chi connectivity index (χ3n) is 1.95. The first-order valence-corrected chi connectivity index (χ1v) is 4.57. The fourth-order valence-corrected chi connectivity index (χ4v) is 1.19. The lowest BCUT2D eigenvalue weighted by atomic mass is 10.2. The van der Waals surface area contributed by atoms with Crippen molar-refractivity contribution in [2.24, 2.45) is 0 Å². The smallest absolute Gasteiger partial charge is 0.288 e. The van der Waals surface area contributed by atoms with Crippen molar-refractivity contribution in [3.8, 4) is 0 Å². The summed E-state index contributed by atoms with van der Waals surface area (Å²) in [5.74, 6) is -0.0257. The van der Waals surface area contributed by atoms with E-state index in [1.165, 1.54) is 12.6 Å². The zero-order valence-corrected chi connectivity index (χ0v) is 8.01. The van der Waals surface area contributed by atoms with Gasteiger partial charge in [-0.2, -0.15) is 0 Å². The van der Waals surface area contributed by atoms with E-state index < -0.39 is 0 Å². The largest absolute Gasteiger partial charge is 0.438 e. The number of carbonyl (C=O) groups is 1. The van der Waals surface area contributed by atoms with Gasteiger partial charge in [-0.3, -0.25) is 4.79 Å². The number of benzene rings is 1. The Morgan fingerprint density at radius 3 is 2.80 bits per heavy atom. The molecule has 0 radical (unpaired) electrons. The summed E-state index contributed by atoms with van der Waals surface area (Å²) in [7, 11) is 0. The summed E-state index contributed by atoms with van der Waals surface area (Å²) >= 11 is 0. The number of carbonyl (C=O) groups excluding carboxylic acids is 1. The molecule has 0 aliphatic heterocycles. The summed E-state index contributed by atoms with van der Waals surface area (Å²) in [6.45, 7) is 0.486. The molecule has 0 unspecified atom stereocenters. The molecule has 4 nitrogen and oxygen atoms in total. The summed E-state index contributed by atoms with van der Waals surface area (Å²) in [5, 5.41) is 2.73. The number of nitrogens with zero attached hydrogens (tertiary/aromatic N) is 1. The van der Waals surface area contributed by atoms with E-state index in [0.717, 1.165) is 5.56 Å². The second-order valence-corrected chi connectivity index (χ2v) is 3.03. The second-order valence-electron chi connectivity index (χ2n) is 3.03. The molecule has 0 aliphatic rings. The summed E-state index contributed by atoms with van der Waals surface area (Å²) in [5.41, 5.74) is 1.05. The van der Waals surface area contributed by atoms with Crippen LogP contribution in [0.25, 0.3) is 0 Å². The maximum Gasteiger partial charge on any atom is 0.288 e. The zero-order valence-electron chi connectivity index (χ0n) is 8.01. The van der Waals surface area contributed by atoms with Gasteiger partial charge >= 0.3 is 0 Å². The van der Waals surface area contributed by atoms with Gasteiger partial charge < -0.3 is 9.73 Å².